The molecule has 15 heavy (non-hydrogen) atoms. The molecule has 0 unspecified atom stereocenters. The average Bonchev–Trinajstić information content (AvgIpc) is 2.66. The second-order valence-corrected chi connectivity index (χ2v) is 6.45. The predicted molar refractivity (Wildman–Crippen MR) is 69.6 cm³/mol. The van der Waals surface area contributed by atoms with E-state index in [9.17, 15) is 0 Å². The molecule has 1 saturated heterocycles. The first-order valence-electron chi connectivity index (χ1n) is 5.52. The normalized spacial score (nSPS) is 18.2. The first-order chi connectivity index (χ1) is 7.34. The highest BCUT2D eigenvalue weighted by Gasteiger charge is 2.08. The van der Waals surface area contributed by atoms with Gasteiger partial charge in [0.05, 0.1) is 3.79 Å². The summed E-state index contributed by atoms with van der Waals surface area (Å²) in [5, 5.41) is 3.38. The Kier molecular flexibility index (Phi) is 4.62. The van der Waals surface area contributed by atoms with Crippen LogP contribution in [0.3, 0.4) is 0 Å². The van der Waals surface area contributed by atoms with Crippen molar-refractivity contribution in [2.45, 2.75) is 12.8 Å². The molecule has 4 heteroatoms. The molecular formula is C11H17BrN2S. The lowest BCUT2D eigenvalue weighted by Crippen LogP contribution is -2.43. The zero-order valence-electron chi connectivity index (χ0n) is 8.84. The van der Waals surface area contributed by atoms with Crippen LogP contribution < -0.4 is 5.32 Å². The highest BCUT2D eigenvalue weighted by atomic mass is 79.9. The highest BCUT2D eigenvalue weighted by Crippen LogP contribution is 2.23. The van der Waals surface area contributed by atoms with Crippen molar-refractivity contribution in [2.75, 3.05) is 32.7 Å². The van der Waals surface area contributed by atoms with Crippen molar-refractivity contribution < 1.29 is 0 Å². The topological polar surface area (TPSA) is 15.3 Å². The molecule has 0 bridgehead atoms. The van der Waals surface area contributed by atoms with Crippen LogP contribution in [0, 0.1) is 0 Å². The molecule has 1 aliphatic rings. The molecule has 0 saturated carbocycles. The van der Waals surface area contributed by atoms with Gasteiger partial charge in [0.2, 0.25) is 0 Å². The van der Waals surface area contributed by atoms with Gasteiger partial charge in [-0.3, -0.25) is 0 Å². The molecule has 2 rings (SSSR count). The summed E-state index contributed by atoms with van der Waals surface area (Å²) in [6, 6.07) is 4.37. The molecule has 1 aromatic rings. The van der Waals surface area contributed by atoms with Gasteiger partial charge >= 0.3 is 0 Å². The second-order valence-electron chi connectivity index (χ2n) is 3.90. The minimum atomic E-state index is 1.16. The van der Waals surface area contributed by atoms with Gasteiger partial charge < -0.3 is 10.2 Å². The van der Waals surface area contributed by atoms with Crippen molar-refractivity contribution in [1.82, 2.24) is 10.2 Å². The van der Waals surface area contributed by atoms with Gasteiger partial charge in [0, 0.05) is 31.1 Å². The van der Waals surface area contributed by atoms with Gasteiger partial charge in [0.15, 0.2) is 0 Å². The Labute approximate surface area is 104 Å². The van der Waals surface area contributed by atoms with Gasteiger partial charge in [-0.1, -0.05) is 0 Å². The molecule has 2 nitrogen and oxygen atoms in total. The number of rotatable bonds is 4. The molecule has 1 fully saturated rings. The van der Waals surface area contributed by atoms with Gasteiger partial charge in [0.25, 0.3) is 0 Å². The monoisotopic (exact) mass is 288 g/mol. The van der Waals surface area contributed by atoms with Crippen molar-refractivity contribution in [2.24, 2.45) is 0 Å². The zero-order valence-corrected chi connectivity index (χ0v) is 11.2. The summed E-state index contributed by atoms with van der Waals surface area (Å²) in [6.45, 7) is 5.99. The summed E-state index contributed by atoms with van der Waals surface area (Å²) in [5.74, 6) is 0. The van der Waals surface area contributed by atoms with Crippen molar-refractivity contribution in [3.63, 3.8) is 0 Å². The molecule has 0 aromatic carbocycles. The van der Waals surface area contributed by atoms with Gasteiger partial charge in [-0.15, -0.1) is 11.3 Å². The predicted octanol–water partition coefficient (Wildman–Crippen LogP) is 2.35. The van der Waals surface area contributed by atoms with E-state index in [1.807, 2.05) is 11.3 Å². The quantitative estimate of drug-likeness (QED) is 0.915. The van der Waals surface area contributed by atoms with Crippen LogP contribution in [0.2, 0.25) is 0 Å². The standard InChI is InChI=1S/C11H17BrN2S/c12-11-4-3-10(15-11)2-1-7-14-8-5-13-6-9-14/h3-4,13H,1-2,5-9H2. The Morgan fingerprint density at radius 1 is 1.33 bits per heavy atom. The molecule has 0 aliphatic carbocycles. The van der Waals surface area contributed by atoms with Gasteiger partial charge in [-0.25, -0.2) is 0 Å². The molecule has 0 atom stereocenters. The van der Waals surface area contributed by atoms with E-state index in [0.29, 0.717) is 0 Å². The lowest BCUT2D eigenvalue weighted by atomic mass is 10.2. The van der Waals surface area contributed by atoms with Gasteiger partial charge in [0.1, 0.15) is 0 Å². The fourth-order valence-electron chi connectivity index (χ4n) is 1.90. The van der Waals surface area contributed by atoms with Crippen molar-refractivity contribution >= 4 is 27.3 Å². The third-order valence-corrected chi connectivity index (χ3v) is 4.42. The molecule has 2 heterocycles. The van der Waals surface area contributed by atoms with Crippen LogP contribution in [0.15, 0.2) is 15.9 Å². The number of nitrogens with zero attached hydrogens (tertiary/aromatic N) is 1. The summed E-state index contributed by atoms with van der Waals surface area (Å²) >= 11 is 5.36. The van der Waals surface area contributed by atoms with Crippen LogP contribution in [0.1, 0.15) is 11.3 Å². The molecule has 84 valence electrons. The Morgan fingerprint density at radius 2 is 2.13 bits per heavy atom. The molecule has 0 amide bonds. The number of thiophene rings is 1. The number of hydrogen-bond acceptors (Lipinski definition) is 3. The van der Waals surface area contributed by atoms with Crippen LogP contribution in [-0.2, 0) is 6.42 Å². The van der Waals surface area contributed by atoms with E-state index in [1.165, 1.54) is 41.1 Å². The SMILES string of the molecule is Brc1ccc(CCCN2CCNCC2)s1. The van der Waals surface area contributed by atoms with Crippen LogP contribution >= 0.6 is 27.3 Å². The third-order valence-electron chi connectivity index (χ3n) is 2.74. The summed E-state index contributed by atoms with van der Waals surface area (Å²) in [4.78, 5) is 4.05. The number of piperazine rings is 1. The molecule has 0 spiro atoms. The van der Waals surface area contributed by atoms with Gasteiger partial charge in [-0.05, 0) is 47.4 Å². The first kappa shape index (κ1) is 11.6. The molecule has 1 aliphatic heterocycles. The Bertz CT molecular complexity index is 295. The average molecular weight is 289 g/mol. The first-order valence-corrected chi connectivity index (χ1v) is 7.13. The van der Waals surface area contributed by atoms with Crippen molar-refractivity contribution in [3.05, 3.63) is 20.8 Å². The molecule has 1 aromatic heterocycles. The van der Waals surface area contributed by atoms with Crippen LogP contribution in [0.5, 0.6) is 0 Å². The minimum absolute atomic E-state index is 1.16. The van der Waals surface area contributed by atoms with E-state index in [1.54, 1.807) is 0 Å². The minimum Gasteiger partial charge on any atom is -0.314 e. The van der Waals surface area contributed by atoms with Crippen LogP contribution in [-0.4, -0.2) is 37.6 Å². The van der Waals surface area contributed by atoms with Crippen LogP contribution in [0.4, 0.5) is 0 Å². The van der Waals surface area contributed by atoms with Crippen LogP contribution in [0.25, 0.3) is 0 Å². The molecule has 0 radical (unpaired) electrons. The van der Waals surface area contributed by atoms with E-state index in [-0.39, 0.29) is 0 Å². The summed E-state index contributed by atoms with van der Waals surface area (Å²) < 4.78 is 1.25. The van der Waals surface area contributed by atoms with Gasteiger partial charge in [-0.2, -0.15) is 0 Å². The lowest BCUT2D eigenvalue weighted by Gasteiger charge is -2.26. The zero-order chi connectivity index (χ0) is 10.5. The van der Waals surface area contributed by atoms with Crippen molar-refractivity contribution in [1.29, 1.82) is 0 Å². The highest BCUT2D eigenvalue weighted by molar-refractivity contribution is 9.11. The lowest BCUT2D eigenvalue weighted by molar-refractivity contribution is 0.239. The van der Waals surface area contributed by atoms with E-state index in [4.69, 9.17) is 0 Å². The maximum absolute atomic E-state index is 3.50. The summed E-state index contributed by atoms with van der Waals surface area (Å²) in [5.41, 5.74) is 0. The number of halogens is 1. The summed E-state index contributed by atoms with van der Waals surface area (Å²) in [7, 11) is 0. The largest absolute Gasteiger partial charge is 0.314 e. The second kappa shape index (κ2) is 5.99. The van der Waals surface area contributed by atoms with E-state index in [2.05, 4.69) is 38.3 Å². The molecule has 1 N–H and O–H groups in total. The maximum Gasteiger partial charge on any atom is 0.0701 e. The third kappa shape index (κ3) is 3.87. The Hall–Kier alpha value is 0.1000. The summed E-state index contributed by atoms with van der Waals surface area (Å²) in [6.07, 6.45) is 2.51. The fraction of sp³-hybridized carbons (Fsp3) is 0.636. The maximum atomic E-state index is 3.50. The van der Waals surface area contributed by atoms with Crippen molar-refractivity contribution in [3.8, 4) is 0 Å². The van der Waals surface area contributed by atoms with E-state index < -0.39 is 0 Å². The number of nitrogens with one attached hydrogen (secondary N) is 1. The molecular weight excluding hydrogens is 272 g/mol. The fourth-order valence-corrected chi connectivity index (χ4v) is 3.42. The van der Waals surface area contributed by atoms with E-state index in [0.717, 1.165) is 13.1 Å². The number of aryl methyl sites for hydroxylation is 1. The Morgan fingerprint density at radius 3 is 2.80 bits per heavy atom. The smallest absolute Gasteiger partial charge is 0.0701 e. The Balaban J connectivity index is 1.65. The van der Waals surface area contributed by atoms with E-state index >= 15 is 0 Å². The number of hydrogen-bond donors (Lipinski definition) is 1.